The number of para-hydroxylation sites is 2. The molecule has 1 aliphatic heterocycles. The van der Waals surface area contributed by atoms with Crippen LogP contribution in [0.4, 0.5) is 4.79 Å². The minimum absolute atomic E-state index is 0.00745. The Bertz CT molecular complexity index is 736. The fourth-order valence-electron chi connectivity index (χ4n) is 2.59. The number of fused-ring (bicyclic) bond motifs is 1. The van der Waals surface area contributed by atoms with E-state index in [2.05, 4.69) is 25.9 Å². The number of hydrogen-bond donors (Lipinski definition) is 4. The van der Waals surface area contributed by atoms with Crippen molar-refractivity contribution in [2.45, 2.75) is 25.9 Å². The summed E-state index contributed by atoms with van der Waals surface area (Å²) < 4.78 is 0. The van der Waals surface area contributed by atoms with Crippen LogP contribution in [0.3, 0.4) is 0 Å². The average molecular weight is 315 g/mol. The summed E-state index contributed by atoms with van der Waals surface area (Å²) in [6, 6.07) is 6.68. The molecule has 1 aromatic heterocycles. The van der Waals surface area contributed by atoms with Gasteiger partial charge in [0.15, 0.2) is 0 Å². The molecule has 0 aliphatic carbocycles. The number of imidazole rings is 1. The highest BCUT2D eigenvalue weighted by molar-refractivity contribution is 6.00. The van der Waals surface area contributed by atoms with Crippen molar-refractivity contribution in [3.8, 4) is 0 Å². The lowest BCUT2D eigenvalue weighted by molar-refractivity contribution is -0.131. The van der Waals surface area contributed by atoms with Crippen LogP contribution in [-0.2, 0) is 16.1 Å². The van der Waals surface area contributed by atoms with Crippen LogP contribution >= 0.6 is 0 Å². The summed E-state index contributed by atoms with van der Waals surface area (Å²) in [5.74, 6) is -0.633. The number of rotatable bonds is 4. The molecule has 0 bridgehead atoms. The van der Waals surface area contributed by atoms with E-state index in [0.29, 0.717) is 5.82 Å². The first kappa shape index (κ1) is 15.0. The Balaban J connectivity index is 1.57. The number of benzene rings is 1. The van der Waals surface area contributed by atoms with Crippen LogP contribution in [0.1, 0.15) is 19.2 Å². The van der Waals surface area contributed by atoms with Gasteiger partial charge in [-0.2, -0.15) is 0 Å². The highest BCUT2D eigenvalue weighted by Crippen LogP contribution is 2.13. The number of hydrogen-bond acceptors (Lipinski definition) is 4. The second-order valence-electron chi connectivity index (χ2n) is 5.54. The lowest BCUT2D eigenvalue weighted by Gasteiger charge is -2.28. The molecule has 4 amide bonds. The number of H-pyrrole nitrogens is 1. The number of amides is 4. The van der Waals surface area contributed by atoms with Crippen LogP contribution in [0.15, 0.2) is 24.3 Å². The van der Waals surface area contributed by atoms with E-state index in [1.807, 2.05) is 24.3 Å². The van der Waals surface area contributed by atoms with Gasteiger partial charge in [-0.05, 0) is 19.1 Å². The lowest BCUT2D eigenvalue weighted by atomic mass is 9.94. The Morgan fingerprint density at radius 2 is 2.09 bits per heavy atom. The molecule has 2 atom stereocenters. The summed E-state index contributed by atoms with van der Waals surface area (Å²) >= 11 is 0. The summed E-state index contributed by atoms with van der Waals surface area (Å²) in [5, 5.41) is 7.49. The maximum absolute atomic E-state index is 12.0. The molecule has 2 heterocycles. The van der Waals surface area contributed by atoms with Crippen LogP contribution in [0, 0.1) is 5.92 Å². The number of nitrogens with zero attached hydrogens (tertiary/aromatic N) is 1. The quantitative estimate of drug-likeness (QED) is 0.654. The van der Waals surface area contributed by atoms with E-state index in [1.54, 1.807) is 6.92 Å². The molecule has 1 aliphatic rings. The molecular formula is C15H17N5O3. The molecule has 120 valence electrons. The van der Waals surface area contributed by atoms with Crippen LogP contribution in [0.5, 0.6) is 0 Å². The summed E-state index contributed by atoms with van der Waals surface area (Å²) in [5.41, 5.74) is 1.74. The van der Waals surface area contributed by atoms with E-state index in [9.17, 15) is 14.4 Å². The zero-order valence-corrected chi connectivity index (χ0v) is 12.6. The van der Waals surface area contributed by atoms with Crippen molar-refractivity contribution in [1.29, 1.82) is 0 Å². The van der Waals surface area contributed by atoms with Gasteiger partial charge in [0.05, 0.1) is 23.5 Å². The molecule has 23 heavy (non-hydrogen) atoms. The molecule has 8 heteroatoms. The number of imide groups is 1. The van der Waals surface area contributed by atoms with E-state index in [4.69, 9.17) is 0 Å². The van der Waals surface area contributed by atoms with Gasteiger partial charge in [-0.1, -0.05) is 12.1 Å². The molecule has 1 aromatic carbocycles. The second-order valence-corrected chi connectivity index (χ2v) is 5.54. The number of urea groups is 1. The topological polar surface area (TPSA) is 116 Å². The van der Waals surface area contributed by atoms with Crippen LogP contribution in [-0.4, -0.2) is 33.9 Å². The summed E-state index contributed by atoms with van der Waals surface area (Å²) in [6.07, 6.45) is 0.00745. The van der Waals surface area contributed by atoms with E-state index in [1.165, 1.54) is 0 Å². The van der Waals surface area contributed by atoms with Crippen molar-refractivity contribution in [3.05, 3.63) is 30.1 Å². The zero-order chi connectivity index (χ0) is 16.4. The highest BCUT2D eigenvalue weighted by Gasteiger charge is 2.33. The fraction of sp³-hybridized carbons (Fsp3) is 0.333. The van der Waals surface area contributed by atoms with Gasteiger partial charge in [-0.3, -0.25) is 14.9 Å². The van der Waals surface area contributed by atoms with Crippen molar-refractivity contribution in [3.63, 3.8) is 0 Å². The number of aromatic nitrogens is 2. The molecule has 2 unspecified atom stereocenters. The van der Waals surface area contributed by atoms with Gasteiger partial charge in [-0.15, -0.1) is 0 Å². The number of aromatic amines is 1. The Morgan fingerprint density at radius 1 is 1.30 bits per heavy atom. The zero-order valence-electron chi connectivity index (χ0n) is 12.6. The molecular weight excluding hydrogens is 298 g/mol. The SMILES string of the molecule is CC1NC(=O)NC(=O)C1CC(=O)NCc1nc2ccccc2[nH]1. The molecule has 8 nitrogen and oxygen atoms in total. The third-order valence-corrected chi connectivity index (χ3v) is 3.83. The smallest absolute Gasteiger partial charge is 0.321 e. The van der Waals surface area contributed by atoms with Crippen molar-refractivity contribution in [2.75, 3.05) is 0 Å². The molecule has 0 saturated carbocycles. The fourth-order valence-corrected chi connectivity index (χ4v) is 2.59. The summed E-state index contributed by atoms with van der Waals surface area (Å²) in [4.78, 5) is 42.4. The Hall–Kier alpha value is -2.90. The molecule has 2 aromatic rings. The third-order valence-electron chi connectivity index (χ3n) is 3.83. The average Bonchev–Trinajstić information content (AvgIpc) is 2.91. The maximum Gasteiger partial charge on any atom is 0.321 e. The lowest BCUT2D eigenvalue weighted by Crippen LogP contribution is -2.57. The van der Waals surface area contributed by atoms with E-state index < -0.39 is 17.9 Å². The van der Waals surface area contributed by atoms with E-state index in [-0.39, 0.29) is 24.9 Å². The normalized spacial score (nSPS) is 20.9. The minimum atomic E-state index is -0.580. The Kier molecular flexibility index (Phi) is 3.96. The number of carbonyl (C=O) groups excluding carboxylic acids is 3. The molecule has 1 fully saturated rings. The van der Waals surface area contributed by atoms with Gasteiger partial charge in [0.2, 0.25) is 11.8 Å². The molecule has 0 radical (unpaired) electrons. The van der Waals surface area contributed by atoms with E-state index >= 15 is 0 Å². The molecule has 1 saturated heterocycles. The van der Waals surface area contributed by atoms with Gasteiger partial charge in [0.1, 0.15) is 5.82 Å². The molecule has 4 N–H and O–H groups in total. The number of nitrogens with one attached hydrogen (secondary N) is 4. The van der Waals surface area contributed by atoms with Gasteiger partial charge < -0.3 is 15.6 Å². The van der Waals surface area contributed by atoms with Gasteiger partial charge in [0.25, 0.3) is 0 Å². The molecule has 3 rings (SSSR count). The van der Waals surface area contributed by atoms with Crippen molar-refractivity contribution < 1.29 is 14.4 Å². The first-order chi connectivity index (χ1) is 11.0. The number of carbonyl (C=O) groups is 3. The second kappa shape index (κ2) is 6.07. The van der Waals surface area contributed by atoms with Gasteiger partial charge in [-0.25, -0.2) is 9.78 Å². The predicted octanol–water partition coefficient (Wildman–Crippen LogP) is 0.413. The minimum Gasteiger partial charge on any atom is -0.349 e. The Morgan fingerprint density at radius 3 is 2.83 bits per heavy atom. The van der Waals surface area contributed by atoms with Crippen molar-refractivity contribution >= 4 is 28.9 Å². The maximum atomic E-state index is 12.0. The van der Waals surface area contributed by atoms with Gasteiger partial charge in [0, 0.05) is 12.5 Å². The van der Waals surface area contributed by atoms with E-state index in [0.717, 1.165) is 11.0 Å². The first-order valence-electron chi connectivity index (χ1n) is 7.34. The third kappa shape index (κ3) is 3.31. The van der Waals surface area contributed by atoms with Gasteiger partial charge >= 0.3 is 6.03 Å². The van der Waals surface area contributed by atoms with Crippen LogP contribution in [0.25, 0.3) is 11.0 Å². The largest absolute Gasteiger partial charge is 0.349 e. The summed E-state index contributed by atoms with van der Waals surface area (Å²) in [7, 11) is 0. The van der Waals surface area contributed by atoms with Crippen LogP contribution in [0.2, 0.25) is 0 Å². The predicted molar refractivity (Wildman–Crippen MR) is 82.2 cm³/mol. The standard InChI is InChI=1S/C15H17N5O3/c1-8-9(14(22)20-15(23)17-8)6-13(21)16-7-12-18-10-4-2-3-5-11(10)19-12/h2-5,8-9H,6-7H2,1H3,(H,16,21)(H,18,19)(H2,17,20,22,23). The Labute approximate surface area is 132 Å². The first-order valence-corrected chi connectivity index (χ1v) is 7.34. The summed E-state index contributed by atoms with van der Waals surface area (Å²) in [6.45, 7) is 1.95. The van der Waals surface area contributed by atoms with Crippen molar-refractivity contribution in [1.82, 2.24) is 25.9 Å². The molecule has 0 spiro atoms. The monoisotopic (exact) mass is 315 g/mol. The van der Waals surface area contributed by atoms with Crippen LogP contribution < -0.4 is 16.0 Å². The highest BCUT2D eigenvalue weighted by atomic mass is 16.2. The van der Waals surface area contributed by atoms with Crippen molar-refractivity contribution in [2.24, 2.45) is 5.92 Å².